The summed E-state index contributed by atoms with van der Waals surface area (Å²) in [6, 6.07) is 0. The van der Waals surface area contributed by atoms with E-state index in [1.54, 1.807) is 0 Å². The molecule has 0 saturated heterocycles. The molecule has 0 aromatic carbocycles. The third-order valence-corrected chi connectivity index (χ3v) is 8.31. The van der Waals surface area contributed by atoms with Crippen molar-refractivity contribution >= 4 is 10.1 Å². The first kappa shape index (κ1) is 45.4. The van der Waals surface area contributed by atoms with Gasteiger partial charge < -0.3 is 5.73 Å². The monoisotopic (exact) mass is 677 g/mol. The Hall–Kier alpha value is -0.690. The minimum Gasteiger partial charge on any atom is -0.328 e. The van der Waals surface area contributed by atoms with Crippen molar-refractivity contribution in [1.29, 1.82) is 0 Å². The van der Waals surface area contributed by atoms with Crippen molar-refractivity contribution in [2.75, 3.05) is 19.0 Å². The molecule has 0 bridgehead atoms. The van der Waals surface area contributed by atoms with Crippen LogP contribution in [0, 0.1) is 0 Å². The Morgan fingerprint density at radius 2 is 0.864 bits per heavy atom. The number of hydrogen-bond acceptors (Lipinski definition) is 3. The molecule has 268 valence electrons. The molecule has 0 aromatic rings. The average Bonchev–Trinajstić information content (AvgIpc) is 3.00. The molecule has 0 heterocycles. The summed E-state index contributed by atoms with van der Waals surface area (Å²) in [5.41, 5.74) is 4.70. The van der Waals surface area contributed by atoms with E-state index in [9.17, 15) is 43.5 Å². The molecule has 4 nitrogen and oxygen atoms in total. The van der Waals surface area contributed by atoms with Crippen molar-refractivity contribution in [3.63, 3.8) is 0 Å². The third kappa shape index (κ3) is 26.5. The summed E-state index contributed by atoms with van der Waals surface area (Å²) in [5, 5.41) is 0. The molecule has 0 fully saturated rings. The Morgan fingerprint density at radius 1 is 0.523 bits per heavy atom. The smallest absolute Gasteiger partial charge is 0.264 e. The summed E-state index contributed by atoms with van der Waals surface area (Å²) in [6.07, 6.45) is -0.118. The van der Waals surface area contributed by atoms with E-state index in [-0.39, 0.29) is 18.6 Å². The molecule has 0 amide bonds. The van der Waals surface area contributed by atoms with Gasteiger partial charge in [0.15, 0.2) is 30.9 Å². The van der Waals surface area contributed by atoms with Crippen molar-refractivity contribution in [1.82, 2.24) is 0 Å². The highest BCUT2D eigenvalue weighted by atomic mass is 32.2. The van der Waals surface area contributed by atoms with Gasteiger partial charge in [-0.3, -0.25) is 8.94 Å². The second-order valence-electron chi connectivity index (χ2n) is 11.6. The molecule has 0 aliphatic heterocycles. The average molecular weight is 678 g/mol. The molecule has 44 heavy (non-hydrogen) atoms. The van der Waals surface area contributed by atoms with Crippen LogP contribution in [0.5, 0.6) is 0 Å². The maximum Gasteiger partial charge on any atom is 0.264 e. The molecule has 3 N–H and O–H groups in total. The SMILES string of the molecule is CCCCCCCCCCCCCCCCCCCS(=O)(=O)O.NCC(F)C(F)C(F)C(F)C(F)C(F)C(F)CCCCF. The molecule has 0 radical (unpaired) electrons. The zero-order valence-corrected chi connectivity index (χ0v) is 27.4. The van der Waals surface area contributed by atoms with Crippen LogP contribution in [0.3, 0.4) is 0 Å². The van der Waals surface area contributed by atoms with Crippen molar-refractivity contribution in [3.8, 4) is 0 Å². The number of hydrogen-bond donors (Lipinski definition) is 2. The predicted octanol–water partition coefficient (Wildman–Crippen LogP) is 9.98. The third-order valence-electron chi connectivity index (χ3n) is 7.50. The van der Waals surface area contributed by atoms with Crippen molar-refractivity contribution in [3.05, 3.63) is 0 Å². The minimum atomic E-state index is -3.74. The van der Waals surface area contributed by atoms with E-state index in [0.717, 1.165) is 12.8 Å². The lowest BCUT2D eigenvalue weighted by Crippen LogP contribution is -2.46. The number of nitrogens with two attached hydrogens (primary N) is 1. The summed E-state index contributed by atoms with van der Waals surface area (Å²) in [7, 11) is -3.74. The summed E-state index contributed by atoms with van der Waals surface area (Å²) in [4.78, 5) is 0. The highest BCUT2D eigenvalue weighted by molar-refractivity contribution is 7.85. The first-order valence-corrected chi connectivity index (χ1v) is 18.1. The molecule has 0 aliphatic rings. The fourth-order valence-corrected chi connectivity index (χ4v) is 5.23. The molecule has 0 saturated carbocycles. The van der Waals surface area contributed by atoms with Gasteiger partial charge in [0.2, 0.25) is 0 Å². The second-order valence-corrected chi connectivity index (χ2v) is 13.2. The van der Waals surface area contributed by atoms with Gasteiger partial charge in [0.25, 0.3) is 10.1 Å². The predicted molar refractivity (Wildman–Crippen MR) is 164 cm³/mol. The van der Waals surface area contributed by atoms with Crippen LogP contribution in [0.25, 0.3) is 0 Å². The Morgan fingerprint density at radius 3 is 1.20 bits per heavy atom. The summed E-state index contributed by atoms with van der Waals surface area (Å²) in [6.45, 7) is 0.532. The standard InChI is InChI=1S/C19H40O3S.C12H19F8N/c1-2-3-4-5-6-7-8-9-10-11-12-13-14-15-16-17-18-19-23(20,21)22;13-4-2-1-3-6(14)8(16)10(18)12(20)11(19)9(17)7(15)5-21/h2-19H2,1H3,(H,20,21,22);6-12H,1-5,21H2. The molecule has 0 aromatic heterocycles. The summed E-state index contributed by atoms with van der Waals surface area (Å²) in [5.74, 6) is -0.0778. The fraction of sp³-hybridized carbons (Fsp3) is 1.00. The van der Waals surface area contributed by atoms with Gasteiger partial charge in [0.1, 0.15) is 12.3 Å². The van der Waals surface area contributed by atoms with Gasteiger partial charge in [0, 0.05) is 6.54 Å². The van der Waals surface area contributed by atoms with Gasteiger partial charge in [-0.25, -0.2) is 30.7 Å². The van der Waals surface area contributed by atoms with Crippen LogP contribution in [-0.2, 0) is 10.1 Å². The van der Waals surface area contributed by atoms with Crippen LogP contribution < -0.4 is 5.73 Å². The molecule has 0 aliphatic carbocycles. The van der Waals surface area contributed by atoms with Crippen LogP contribution in [-0.4, -0.2) is 75.1 Å². The molecule has 0 spiro atoms. The van der Waals surface area contributed by atoms with Crippen LogP contribution in [0.1, 0.15) is 135 Å². The van der Waals surface area contributed by atoms with E-state index in [1.807, 2.05) is 0 Å². The van der Waals surface area contributed by atoms with Crippen molar-refractivity contribution in [2.24, 2.45) is 5.73 Å². The van der Waals surface area contributed by atoms with E-state index < -0.39 is 73.0 Å². The molecule has 7 unspecified atom stereocenters. The molecule has 0 rings (SSSR count). The van der Waals surface area contributed by atoms with Crippen LogP contribution in [0.15, 0.2) is 0 Å². The zero-order valence-electron chi connectivity index (χ0n) is 26.6. The van der Waals surface area contributed by atoms with E-state index in [2.05, 4.69) is 6.92 Å². The van der Waals surface area contributed by atoms with Gasteiger partial charge in [0.05, 0.1) is 12.4 Å². The number of halogens is 8. The second kappa shape index (κ2) is 29.7. The topological polar surface area (TPSA) is 80.4 Å². The van der Waals surface area contributed by atoms with Gasteiger partial charge in [-0.05, 0) is 25.7 Å². The van der Waals surface area contributed by atoms with Gasteiger partial charge in [-0.2, -0.15) is 8.42 Å². The lowest BCUT2D eigenvalue weighted by molar-refractivity contribution is -0.0349. The first-order valence-electron chi connectivity index (χ1n) is 16.5. The number of alkyl halides is 8. The fourth-order valence-electron chi connectivity index (χ4n) is 4.66. The van der Waals surface area contributed by atoms with Crippen molar-refractivity contribution in [2.45, 2.75) is 179 Å². The maximum atomic E-state index is 13.3. The first-order chi connectivity index (χ1) is 20.8. The molecule has 7 atom stereocenters. The van der Waals surface area contributed by atoms with E-state index in [1.165, 1.54) is 89.9 Å². The van der Waals surface area contributed by atoms with Crippen LogP contribution >= 0.6 is 0 Å². The van der Waals surface area contributed by atoms with Crippen LogP contribution in [0.2, 0.25) is 0 Å². The van der Waals surface area contributed by atoms with Gasteiger partial charge in [-0.1, -0.05) is 110 Å². The summed E-state index contributed by atoms with van der Waals surface area (Å²) >= 11 is 0. The van der Waals surface area contributed by atoms with E-state index >= 15 is 0 Å². The number of unbranched alkanes of at least 4 members (excludes halogenated alkanes) is 17. The van der Waals surface area contributed by atoms with E-state index in [0.29, 0.717) is 6.42 Å². The largest absolute Gasteiger partial charge is 0.328 e. The lowest BCUT2D eigenvalue weighted by Gasteiger charge is -2.25. The number of rotatable bonds is 29. The zero-order chi connectivity index (χ0) is 33.8. The highest BCUT2D eigenvalue weighted by Crippen LogP contribution is 2.27. The summed E-state index contributed by atoms with van der Waals surface area (Å²) < 4.78 is 133. The molecule has 13 heteroatoms. The van der Waals surface area contributed by atoms with Gasteiger partial charge >= 0.3 is 0 Å². The Labute approximate surface area is 261 Å². The molecular formula is C31H59F8NO3S. The lowest BCUT2D eigenvalue weighted by atomic mass is 9.97. The quantitative estimate of drug-likeness (QED) is 0.0469. The minimum absolute atomic E-state index is 0.0778. The Kier molecular flexibility index (Phi) is 30.7. The Bertz CT molecular complexity index is 726. The van der Waals surface area contributed by atoms with E-state index in [4.69, 9.17) is 10.3 Å². The maximum absolute atomic E-state index is 13.3. The van der Waals surface area contributed by atoms with Gasteiger partial charge in [-0.15, -0.1) is 0 Å². The van der Waals surface area contributed by atoms with Crippen molar-refractivity contribution < 1.29 is 48.1 Å². The Balaban J connectivity index is 0. The normalized spacial score (nSPS) is 16.8. The van der Waals surface area contributed by atoms with Crippen LogP contribution in [0.4, 0.5) is 35.1 Å². The highest BCUT2D eigenvalue weighted by Gasteiger charge is 2.45. The molecular weight excluding hydrogens is 618 g/mol.